The molecule has 0 amide bonds. The fraction of sp³-hybridized carbons (Fsp3) is 1.00. The molecule has 0 saturated carbocycles. The topological polar surface area (TPSA) is 60.2 Å². The maximum atomic E-state index is 10.8. The van der Waals surface area contributed by atoms with E-state index in [0.717, 1.165) is 0 Å². The monoisotopic (exact) mass is 181 g/mol. The first-order valence-electron chi connectivity index (χ1n) is 3.17. The van der Waals surface area contributed by atoms with Crippen LogP contribution < -0.4 is 5.14 Å². The number of hydrogen-bond donors (Lipinski definition) is 1. The van der Waals surface area contributed by atoms with Crippen LogP contribution in [0.15, 0.2) is 0 Å². The summed E-state index contributed by atoms with van der Waals surface area (Å²) in [5, 5.41) is 4.97. The Labute approximate surface area is 63.7 Å². The van der Waals surface area contributed by atoms with Crippen LogP contribution in [0.5, 0.6) is 0 Å². The van der Waals surface area contributed by atoms with Crippen LogP contribution in [0.2, 0.25) is 19.6 Å². The van der Waals surface area contributed by atoms with E-state index >= 15 is 0 Å². The zero-order chi connectivity index (χ0) is 8.58. The highest BCUT2D eigenvalue weighted by molar-refractivity contribution is 7.91. The summed E-state index contributed by atoms with van der Waals surface area (Å²) in [4.78, 5) is -0.347. The van der Waals surface area contributed by atoms with Crippen molar-refractivity contribution in [2.75, 3.05) is 0 Å². The fourth-order valence-corrected chi connectivity index (χ4v) is 4.44. The average Bonchev–Trinajstić information content (AvgIpc) is 1.59. The molecule has 0 heterocycles. The number of sulfonamides is 1. The second-order valence-electron chi connectivity index (χ2n) is 3.60. The molecule has 0 radical (unpaired) electrons. The Morgan fingerprint density at radius 1 is 1.30 bits per heavy atom. The summed E-state index contributed by atoms with van der Waals surface area (Å²) in [6, 6.07) is 0. The van der Waals surface area contributed by atoms with Gasteiger partial charge in [-0.1, -0.05) is 19.6 Å². The number of primary sulfonamides is 1. The summed E-state index contributed by atoms with van der Waals surface area (Å²) in [7, 11) is -4.91. The first kappa shape index (κ1) is 10.1. The zero-order valence-corrected chi connectivity index (χ0v) is 8.70. The molecule has 0 bridgehead atoms. The van der Waals surface area contributed by atoms with Crippen molar-refractivity contribution < 1.29 is 8.42 Å². The van der Waals surface area contributed by atoms with E-state index in [2.05, 4.69) is 0 Å². The summed E-state index contributed by atoms with van der Waals surface area (Å²) < 4.78 is 21.6. The van der Waals surface area contributed by atoms with Crippen molar-refractivity contribution in [1.29, 1.82) is 0 Å². The lowest BCUT2D eigenvalue weighted by Crippen LogP contribution is -2.44. The smallest absolute Gasteiger partial charge is 0.209 e. The van der Waals surface area contributed by atoms with Gasteiger partial charge in [0.05, 0.1) is 12.9 Å². The molecule has 62 valence electrons. The van der Waals surface area contributed by atoms with E-state index in [1.807, 2.05) is 19.6 Å². The number of hydrogen-bond acceptors (Lipinski definition) is 2. The van der Waals surface area contributed by atoms with Crippen LogP contribution in [0, 0.1) is 0 Å². The van der Waals surface area contributed by atoms with E-state index in [4.69, 9.17) is 5.14 Å². The van der Waals surface area contributed by atoms with Gasteiger partial charge in [-0.2, -0.15) is 0 Å². The molecular weight excluding hydrogens is 166 g/mol. The molecule has 0 aromatic carbocycles. The standard InChI is InChI=1S/C5H15NO2SSi/c1-5(9(6,7)8)10(2,3)4/h5H,1-4H3,(H2,6,7,8)/t5-/m0/s1. The molecule has 1 atom stereocenters. The number of rotatable bonds is 2. The van der Waals surface area contributed by atoms with Gasteiger partial charge in [0.15, 0.2) is 0 Å². The Morgan fingerprint density at radius 2 is 1.60 bits per heavy atom. The van der Waals surface area contributed by atoms with Gasteiger partial charge in [-0.15, -0.1) is 0 Å². The van der Waals surface area contributed by atoms with Gasteiger partial charge in [-0.25, -0.2) is 13.6 Å². The van der Waals surface area contributed by atoms with Crippen LogP contribution in [-0.2, 0) is 10.0 Å². The second kappa shape index (κ2) is 2.63. The molecule has 0 fully saturated rings. The molecule has 0 aliphatic carbocycles. The normalized spacial score (nSPS) is 16.9. The molecule has 0 unspecified atom stereocenters. The van der Waals surface area contributed by atoms with Crippen molar-refractivity contribution in [3.8, 4) is 0 Å². The minimum atomic E-state index is -3.30. The van der Waals surface area contributed by atoms with Gasteiger partial charge in [0.2, 0.25) is 10.0 Å². The molecule has 0 aromatic heterocycles. The predicted molar refractivity (Wildman–Crippen MR) is 45.9 cm³/mol. The SMILES string of the molecule is C[C@H]([Si](C)(C)C)S(N)(=O)=O. The van der Waals surface area contributed by atoms with Gasteiger partial charge in [-0.05, 0) is 6.92 Å². The number of nitrogens with two attached hydrogens (primary N) is 1. The third-order valence-electron chi connectivity index (χ3n) is 1.71. The lowest BCUT2D eigenvalue weighted by atomic mass is 11.0. The zero-order valence-electron chi connectivity index (χ0n) is 6.88. The lowest BCUT2D eigenvalue weighted by molar-refractivity contribution is 0.595. The van der Waals surface area contributed by atoms with Gasteiger partial charge in [-0.3, -0.25) is 0 Å². The molecule has 0 saturated heterocycles. The average molecular weight is 181 g/mol. The molecule has 3 nitrogen and oxygen atoms in total. The Morgan fingerprint density at radius 3 is 1.60 bits per heavy atom. The first-order chi connectivity index (χ1) is 4.15. The lowest BCUT2D eigenvalue weighted by Gasteiger charge is -2.22. The maximum Gasteiger partial charge on any atom is 0.209 e. The summed E-state index contributed by atoms with van der Waals surface area (Å²) in [6.45, 7) is 7.65. The highest BCUT2D eigenvalue weighted by atomic mass is 32.2. The van der Waals surface area contributed by atoms with Crippen LogP contribution >= 0.6 is 0 Å². The Kier molecular flexibility index (Phi) is 2.67. The first-order valence-corrected chi connectivity index (χ1v) is 8.36. The summed E-state index contributed by atoms with van der Waals surface area (Å²) >= 11 is 0. The Bertz CT molecular complexity index is 204. The van der Waals surface area contributed by atoms with Crippen LogP contribution in [0.3, 0.4) is 0 Å². The van der Waals surface area contributed by atoms with Gasteiger partial charge in [0, 0.05) is 0 Å². The van der Waals surface area contributed by atoms with Crippen molar-refractivity contribution in [3.05, 3.63) is 0 Å². The van der Waals surface area contributed by atoms with Crippen LogP contribution in [0.25, 0.3) is 0 Å². The third-order valence-corrected chi connectivity index (χ3v) is 8.24. The van der Waals surface area contributed by atoms with Crippen molar-refractivity contribution in [2.24, 2.45) is 5.14 Å². The molecule has 10 heavy (non-hydrogen) atoms. The summed E-state index contributed by atoms with van der Waals surface area (Å²) in [5.74, 6) is 0. The van der Waals surface area contributed by atoms with Crippen molar-refractivity contribution in [1.82, 2.24) is 0 Å². The van der Waals surface area contributed by atoms with E-state index in [1.54, 1.807) is 6.92 Å². The van der Waals surface area contributed by atoms with Gasteiger partial charge >= 0.3 is 0 Å². The Balaban J connectivity index is 4.56. The molecule has 0 aliphatic rings. The fourth-order valence-electron chi connectivity index (χ4n) is 0.493. The van der Waals surface area contributed by atoms with Crippen molar-refractivity contribution in [3.63, 3.8) is 0 Å². The van der Waals surface area contributed by atoms with Crippen molar-refractivity contribution >= 4 is 18.1 Å². The minimum Gasteiger partial charge on any atom is -0.229 e. The van der Waals surface area contributed by atoms with E-state index in [9.17, 15) is 8.42 Å². The summed E-state index contributed by atoms with van der Waals surface area (Å²) in [5.41, 5.74) is 0. The van der Waals surface area contributed by atoms with Crippen LogP contribution in [0.1, 0.15) is 6.92 Å². The van der Waals surface area contributed by atoms with Gasteiger partial charge in [0.25, 0.3) is 0 Å². The summed E-state index contributed by atoms with van der Waals surface area (Å²) in [6.07, 6.45) is 0. The quantitative estimate of drug-likeness (QED) is 0.632. The highest BCUT2D eigenvalue weighted by Crippen LogP contribution is 2.12. The molecule has 5 heteroatoms. The van der Waals surface area contributed by atoms with E-state index in [1.165, 1.54) is 0 Å². The van der Waals surface area contributed by atoms with E-state index in [-0.39, 0.29) is 4.87 Å². The van der Waals surface area contributed by atoms with Crippen molar-refractivity contribution in [2.45, 2.75) is 31.4 Å². The van der Waals surface area contributed by atoms with Gasteiger partial charge in [0.1, 0.15) is 0 Å². The van der Waals surface area contributed by atoms with Crippen LogP contribution in [-0.4, -0.2) is 21.4 Å². The van der Waals surface area contributed by atoms with Crippen LogP contribution in [0.4, 0.5) is 0 Å². The molecule has 0 aromatic rings. The highest BCUT2D eigenvalue weighted by Gasteiger charge is 2.30. The third kappa shape index (κ3) is 2.81. The Hall–Kier alpha value is 0.127. The molecule has 2 N–H and O–H groups in total. The van der Waals surface area contributed by atoms with Gasteiger partial charge < -0.3 is 0 Å². The second-order valence-corrected chi connectivity index (χ2v) is 11.5. The molecule has 0 spiro atoms. The molecular formula is C5H15NO2SSi. The molecule has 0 aliphatic heterocycles. The maximum absolute atomic E-state index is 10.8. The van der Waals surface area contributed by atoms with E-state index < -0.39 is 18.1 Å². The van der Waals surface area contributed by atoms with E-state index in [0.29, 0.717) is 0 Å². The predicted octanol–water partition coefficient (Wildman–Crippen LogP) is 0.541. The largest absolute Gasteiger partial charge is 0.229 e. The molecule has 0 rings (SSSR count). The minimum absolute atomic E-state index is 0.347.